The average molecular weight is 421 g/mol. The third-order valence-corrected chi connectivity index (χ3v) is 4.54. The normalized spacial score (nSPS) is 10.3. The van der Waals surface area contributed by atoms with Gasteiger partial charge >= 0.3 is 5.97 Å². The van der Waals surface area contributed by atoms with E-state index in [-0.39, 0.29) is 23.8 Å². The Hall–Kier alpha value is -2.93. The van der Waals surface area contributed by atoms with Crippen molar-refractivity contribution in [1.82, 2.24) is 4.90 Å². The maximum absolute atomic E-state index is 12.5. The smallest absolute Gasteiger partial charge is 0.338 e. The zero-order chi connectivity index (χ0) is 21.4. The van der Waals surface area contributed by atoms with E-state index in [1.165, 1.54) is 18.2 Å². The van der Waals surface area contributed by atoms with Crippen molar-refractivity contribution in [3.05, 3.63) is 52.5 Å². The molecule has 0 fully saturated rings. The summed E-state index contributed by atoms with van der Waals surface area (Å²) in [5, 5.41) is 0.348. The Balaban J connectivity index is 1.99. The highest BCUT2D eigenvalue weighted by molar-refractivity contribution is 6.33. The molecule has 0 bridgehead atoms. The fourth-order valence-corrected chi connectivity index (χ4v) is 2.77. The standard InChI is InChI=1S/C21H25ClN2O5/c1-4-24(12-14-6-9-18(28-5-2)19(10-14)27-3)20(25)13-29-21(26)15-7-8-16(22)17(23)11-15/h6-11H,4-5,12-13,23H2,1-3H3. The fraction of sp³-hybridized carbons (Fsp3) is 0.333. The minimum Gasteiger partial charge on any atom is -0.493 e. The summed E-state index contributed by atoms with van der Waals surface area (Å²) in [5.74, 6) is 0.292. The van der Waals surface area contributed by atoms with Gasteiger partial charge in [-0.15, -0.1) is 0 Å². The number of esters is 1. The molecule has 0 aliphatic carbocycles. The number of carbonyl (C=O) groups excluding carboxylic acids is 2. The van der Waals surface area contributed by atoms with E-state index in [0.717, 1.165) is 5.56 Å². The zero-order valence-corrected chi connectivity index (χ0v) is 17.5. The zero-order valence-electron chi connectivity index (χ0n) is 16.7. The Bertz CT molecular complexity index is 872. The number of halogens is 1. The molecule has 0 saturated carbocycles. The summed E-state index contributed by atoms with van der Waals surface area (Å²) < 4.78 is 16.0. The summed E-state index contributed by atoms with van der Waals surface area (Å²) in [4.78, 5) is 26.2. The van der Waals surface area contributed by atoms with E-state index in [2.05, 4.69) is 0 Å². The molecule has 7 nitrogen and oxygen atoms in total. The maximum Gasteiger partial charge on any atom is 0.338 e. The van der Waals surface area contributed by atoms with Gasteiger partial charge < -0.3 is 24.8 Å². The van der Waals surface area contributed by atoms with Gasteiger partial charge in [0.1, 0.15) is 0 Å². The molecule has 156 valence electrons. The number of nitrogens with zero attached hydrogens (tertiary/aromatic N) is 1. The minimum atomic E-state index is -0.638. The number of nitrogen functional groups attached to an aromatic ring is 1. The van der Waals surface area contributed by atoms with Crippen molar-refractivity contribution in [3.8, 4) is 11.5 Å². The molecule has 2 N–H and O–H groups in total. The Kier molecular flexibility index (Phi) is 8.15. The molecular weight excluding hydrogens is 396 g/mol. The molecule has 1 amide bonds. The number of carbonyl (C=O) groups is 2. The predicted octanol–water partition coefficient (Wildman–Crippen LogP) is 3.54. The average Bonchev–Trinajstić information content (AvgIpc) is 2.72. The Labute approximate surface area is 175 Å². The van der Waals surface area contributed by atoms with Gasteiger partial charge in [0.2, 0.25) is 0 Å². The first kappa shape index (κ1) is 22.4. The van der Waals surface area contributed by atoms with Crippen LogP contribution in [-0.4, -0.2) is 43.6 Å². The third kappa shape index (κ3) is 6.02. The quantitative estimate of drug-likeness (QED) is 0.493. The number of benzene rings is 2. The van der Waals surface area contributed by atoms with E-state index >= 15 is 0 Å². The van der Waals surface area contributed by atoms with Crippen LogP contribution in [0.2, 0.25) is 5.02 Å². The van der Waals surface area contributed by atoms with Crippen LogP contribution in [0.3, 0.4) is 0 Å². The second-order valence-electron chi connectivity index (χ2n) is 6.14. The number of anilines is 1. The highest BCUT2D eigenvalue weighted by Crippen LogP contribution is 2.28. The van der Waals surface area contributed by atoms with E-state index < -0.39 is 5.97 Å². The Morgan fingerprint density at radius 3 is 2.48 bits per heavy atom. The van der Waals surface area contributed by atoms with E-state index in [4.69, 9.17) is 31.5 Å². The molecule has 0 aliphatic heterocycles. The second-order valence-corrected chi connectivity index (χ2v) is 6.55. The van der Waals surface area contributed by atoms with Crippen molar-refractivity contribution in [2.45, 2.75) is 20.4 Å². The van der Waals surface area contributed by atoms with Crippen molar-refractivity contribution in [1.29, 1.82) is 0 Å². The van der Waals surface area contributed by atoms with Crippen LogP contribution >= 0.6 is 11.6 Å². The van der Waals surface area contributed by atoms with Crippen molar-refractivity contribution < 1.29 is 23.8 Å². The molecule has 0 unspecified atom stereocenters. The van der Waals surface area contributed by atoms with Gasteiger partial charge in [0, 0.05) is 13.1 Å². The van der Waals surface area contributed by atoms with E-state index in [1.807, 2.05) is 26.0 Å². The van der Waals surface area contributed by atoms with E-state index in [1.54, 1.807) is 18.1 Å². The van der Waals surface area contributed by atoms with Crippen molar-refractivity contribution in [2.24, 2.45) is 0 Å². The molecular formula is C21H25ClN2O5. The molecule has 0 atom stereocenters. The number of ether oxygens (including phenoxy) is 3. The Morgan fingerprint density at radius 2 is 1.86 bits per heavy atom. The van der Waals surface area contributed by atoms with Crippen LogP contribution in [0.5, 0.6) is 11.5 Å². The first-order valence-corrected chi connectivity index (χ1v) is 9.57. The molecule has 8 heteroatoms. The number of hydrogen-bond acceptors (Lipinski definition) is 6. The summed E-state index contributed by atoms with van der Waals surface area (Å²) in [7, 11) is 1.56. The van der Waals surface area contributed by atoms with Gasteiger partial charge in [-0.2, -0.15) is 0 Å². The van der Waals surface area contributed by atoms with Gasteiger partial charge in [-0.3, -0.25) is 4.79 Å². The largest absolute Gasteiger partial charge is 0.493 e. The van der Waals surface area contributed by atoms with Crippen molar-refractivity contribution in [2.75, 3.05) is 32.6 Å². The monoisotopic (exact) mass is 420 g/mol. The topological polar surface area (TPSA) is 91.1 Å². The molecule has 0 aromatic heterocycles. The number of likely N-dealkylation sites (N-methyl/N-ethyl adjacent to an activating group) is 1. The van der Waals surface area contributed by atoms with Crippen LogP contribution in [0.1, 0.15) is 29.8 Å². The molecule has 29 heavy (non-hydrogen) atoms. The summed E-state index contributed by atoms with van der Waals surface area (Å²) in [6.45, 7) is 4.71. The summed E-state index contributed by atoms with van der Waals surface area (Å²) in [6.07, 6.45) is 0. The van der Waals surface area contributed by atoms with Crippen molar-refractivity contribution >= 4 is 29.2 Å². The molecule has 0 aliphatic rings. The van der Waals surface area contributed by atoms with Gasteiger partial charge in [-0.05, 0) is 49.7 Å². The van der Waals surface area contributed by atoms with Crippen LogP contribution < -0.4 is 15.2 Å². The summed E-state index contributed by atoms with van der Waals surface area (Å²) in [6, 6.07) is 9.91. The van der Waals surface area contributed by atoms with Crippen LogP contribution in [0.15, 0.2) is 36.4 Å². The highest BCUT2D eigenvalue weighted by Gasteiger charge is 2.17. The number of amides is 1. The molecule has 0 saturated heterocycles. The first-order valence-electron chi connectivity index (χ1n) is 9.19. The first-order chi connectivity index (χ1) is 13.9. The maximum atomic E-state index is 12.5. The highest BCUT2D eigenvalue weighted by atomic mass is 35.5. The van der Waals surface area contributed by atoms with Crippen LogP contribution in [0.25, 0.3) is 0 Å². The Morgan fingerprint density at radius 1 is 1.10 bits per heavy atom. The van der Waals surface area contributed by atoms with E-state index in [9.17, 15) is 9.59 Å². The lowest BCUT2D eigenvalue weighted by molar-refractivity contribution is -0.134. The number of rotatable bonds is 9. The predicted molar refractivity (Wildman–Crippen MR) is 111 cm³/mol. The molecule has 2 aromatic rings. The number of methoxy groups -OCH3 is 1. The van der Waals surface area contributed by atoms with Gasteiger partial charge in [0.15, 0.2) is 18.1 Å². The lowest BCUT2D eigenvalue weighted by Crippen LogP contribution is -2.34. The molecule has 0 spiro atoms. The number of nitrogens with two attached hydrogens (primary N) is 1. The number of hydrogen-bond donors (Lipinski definition) is 1. The lowest BCUT2D eigenvalue weighted by atomic mass is 10.2. The van der Waals surface area contributed by atoms with Crippen LogP contribution in [0, 0.1) is 0 Å². The molecule has 0 heterocycles. The van der Waals surface area contributed by atoms with Crippen LogP contribution in [-0.2, 0) is 16.1 Å². The third-order valence-electron chi connectivity index (χ3n) is 4.19. The fourth-order valence-electron chi connectivity index (χ4n) is 2.65. The van der Waals surface area contributed by atoms with Gasteiger partial charge in [0.05, 0.1) is 30.0 Å². The van der Waals surface area contributed by atoms with Gasteiger partial charge in [0.25, 0.3) is 5.91 Å². The van der Waals surface area contributed by atoms with Gasteiger partial charge in [-0.25, -0.2) is 4.79 Å². The summed E-state index contributed by atoms with van der Waals surface area (Å²) >= 11 is 5.84. The molecule has 2 aromatic carbocycles. The van der Waals surface area contributed by atoms with E-state index in [0.29, 0.717) is 36.2 Å². The summed E-state index contributed by atoms with van der Waals surface area (Å²) in [5.41, 5.74) is 7.07. The van der Waals surface area contributed by atoms with Crippen LogP contribution in [0.4, 0.5) is 5.69 Å². The minimum absolute atomic E-state index is 0.235. The SMILES string of the molecule is CCOc1ccc(CN(CC)C(=O)COC(=O)c2ccc(Cl)c(N)c2)cc1OC. The second kappa shape index (κ2) is 10.6. The van der Waals surface area contributed by atoms with Crippen molar-refractivity contribution in [3.63, 3.8) is 0 Å². The molecule has 2 rings (SSSR count). The molecule has 0 radical (unpaired) electrons. The van der Waals surface area contributed by atoms with Gasteiger partial charge in [-0.1, -0.05) is 17.7 Å². The lowest BCUT2D eigenvalue weighted by Gasteiger charge is -2.21.